The van der Waals surface area contributed by atoms with Crippen molar-refractivity contribution in [1.82, 2.24) is 0 Å². The largest absolute Gasteiger partial charge is 0.289 e. The van der Waals surface area contributed by atoms with Crippen molar-refractivity contribution in [2.24, 2.45) is 0 Å². The monoisotopic (exact) mass is 389 g/mol. The normalized spacial score (nSPS) is 16.1. The summed E-state index contributed by atoms with van der Waals surface area (Å²) < 4.78 is -0.476. The fourth-order valence-corrected chi connectivity index (χ4v) is 4.39. The summed E-state index contributed by atoms with van der Waals surface area (Å²) in [6, 6.07) is 16.9. The van der Waals surface area contributed by atoms with Crippen molar-refractivity contribution in [3.05, 3.63) is 59.7 Å². The van der Waals surface area contributed by atoms with E-state index in [2.05, 4.69) is 84.3 Å². The molecule has 107 valence electrons. The highest BCUT2D eigenvalue weighted by Crippen LogP contribution is 2.53. The lowest BCUT2D eigenvalue weighted by atomic mass is 9.82. The Hall–Kier alpha value is -1.16. The number of unbranched alkanes of at least 4 members (excludes halogenated alkanes) is 1. The second kappa shape index (κ2) is 5.91. The molecule has 2 heteroatoms. The van der Waals surface area contributed by atoms with Crippen molar-refractivity contribution >= 4 is 28.9 Å². The Kier molecular flexibility index (Phi) is 4.16. The number of rotatable bonds is 5. The summed E-state index contributed by atoms with van der Waals surface area (Å²) in [6.07, 6.45) is 5.40. The van der Waals surface area contributed by atoms with Gasteiger partial charge in [-0.25, -0.2) is 0 Å². The maximum atomic E-state index is 11.8. The highest BCUT2D eigenvalue weighted by molar-refractivity contribution is 14.1. The molecule has 0 saturated carbocycles. The van der Waals surface area contributed by atoms with Gasteiger partial charge in [0.1, 0.15) is 0 Å². The first-order valence-corrected chi connectivity index (χ1v) is 8.55. The second-order valence-electron chi connectivity index (χ2n) is 5.68. The molecule has 1 atom stereocenters. The lowest BCUT2D eigenvalue weighted by Gasteiger charge is -2.29. The van der Waals surface area contributed by atoms with Gasteiger partial charge in [-0.05, 0) is 28.7 Å². The van der Waals surface area contributed by atoms with E-state index in [-0.39, 0.29) is 5.92 Å². The smallest absolute Gasteiger partial charge is 0.216 e. The lowest BCUT2D eigenvalue weighted by molar-refractivity contribution is 0.507. The van der Waals surface area contributed by atoms with Crippen LogP contribution in [-0.4, -0.2) is 9.71 Å². The Balaban J connectivity index is 2.15. The average molecular weight is 389 g/mol. The van der Waals surface area contributed by atoms with E-state index in [1.165, 1.54) is 22.3 Å². The quantitative estimate of drug-likeness (QED) is 0.503. The second-order valence-corrected chi connectivity index (χ2v) is 7.60. The molecule has 21 heavy (non-hydrogen) atoms. The molecule has 0 saturated heterocycles. The van der Waals surface area contributed by atoms with Crippen LogP contribution in [0.1, 0.15) is 43.2 Å². The van der Waals surface area contributed by atoms with Gasteiger partial charge in [-0.1, -0.05) is 90.9 Å². The van der Waals surface area contributed by atoms with Crippen molar-refractivity contribution in [1.29, 1.82) is 0 Å². The minimum atomic E-state index is -0.476. The van der Waals surface area contributed by atoms with Gasteiger partial charge in [0.05, 0.1) is 3.42 Å². The Labute approximate surface area is 139 Å². The van der Waals surface area contributed by atoms with Crippen LogP contribution in [0.2, 0.25) is 0 Å². The predicted molar refractivity (Wildman–Crippen MR) is 95.7 cm³/mol. The molecule has 0 amide bonds. The molecule has 1 aliphatic carbocycles. The van der Waals surface area contributed by atoms with Gasteiger partial charge in [-0.2, -0.15) is 0 Å². The SMILES string of the molecule is CCCCC(I)([C]=O)C1c2ccccc2-c2ccccc21. The van der Waals surface area contributed by atoms with Crippen LogP contribution in [0.15, 0.2) is 48.5 Å². The van der Waals surface area contributed by atoms with Crippen molar-refractivity contribution < 1.29 is 4.79 Å². The van der Waals surface area contributed by atoms with Crippen LogP contribution in [0.25, 0.3) is 11.1 Å². The molecule has 0 aromatic heterocycles. The fraction of sp³-hybridized carbons (Fsp3) is 0.316. The number of alkyl halides is 1. The molecule has 1 nitrogen and oxygen atoms in total. The average Bonchev–Trinajstić information content (AvgIpc) is 2.88. The Bertz CT molecular complexity index is 619. The van der Waals surface area contributed by atoms with Crippen molar-refractivity contribution in [2.45, 2.75) is 35.5 Å². The third-order valence-corrected chi connectivity index (χ3v) is 5.74. The van der Waals surface area contributed by atoms with Crippen LogP contribution >= 0.6 is 22.6 Å². The molecule has 0 fully saturated rings. The summed E-state index contributed by atoms with van der Waals surface area (Å²) in [4.78, 5) is 11.8. The van der Waals surface area contributed by atoms with E-state index in [1.54, 1.807) is 0 Å². The number of benzene rings is 2. The van der Waals surface area contributed by atoms with Gasteiger partial charge in [-0.15, -0.1) is 0 Å². The lowest BCUT2D eigenvalue weighted by Crippen LogP contribution is -2.31. The minimum absolute atomic E-state index is 0.120. The van der Waals surface area contributed by atoms with Gasteiger partial charge in [0.25, 0.3) is 0 Å². The highest BCUT2D eigenvalue weighted by Gasteiger charge is 2.43. The third-order valence-electron chi connectivity index (χ3n) is 4.36. The van der Waals surface area contributed by atoms with E-state index in [9.17, 15) is 4.79 Å². The maximum Gasteiger partial charge on any atom is 0.216 e. The summed E-state index contributed by atoms with van der Waals surface area (Å²) in [5.74, 6) is 0.120. The van der Waals surface area contributed by atoms with E-state index in [0.717, 1.165) is 19.3 Å². The molecule has 2 aromatic carbocycles. The van der Waals surface area contributed by atoms with Crippen molar-refractivity contribution in [3.63, 3.8) is 0 Å². The zero-order valence-corrected chi connectivity index (χ0v) is 14.3. The molecule has 1 radical (unpaired) electrons. The Morgan fingerprint density at radius 1 is 1.05 bits per heavy atom. The zero-order valence-electron chi connectivity index (χ0n) is 12.1. The fourth-order valence-electron chi connectivity index (χ4n) is 3.34. The first-order valence-electron chi connectivity index (χ1n) is 7.47. The molecule has 0 heterocycles. The van der Waals surface area contributed by atoms with E-state index in [1.807, 2.05) is 0 Å². The standard InChI is InChI=1S/C19H18IO/c1-2-3-12-19(20,13-21)18-16-10-6-4-8-14(16)15-9-5-7-11-17(15)18/h4-11,18H,2-3,12H2,1H3. The zero-order chi connectivity index (χ0) is 14.9. The summed E-state index contributed by atoms with van der Waals surface area (Å²) in [7, 11) is 0. The number of halogens is 1. The molecule has 0 aliphatic heterocycles. The van der Waals surface area contributed by atoms with Gasteiger partial charge in [0.2, 0.25) is 6.29 Å². The summed E-state index contributed by atoms with van der Waals surface area (Å²) in [5, 5.41) is 0. The molecule has 1 unspecified atom stereocenters. The van der Waals surface area contributed by atoms with E-state index < -0.39 is 3.42 Å². The van der Waals surface area contributed by atoms with Crippen LogP contribution in [0.4, 0.5) is 0 Å². The Morgan fingerprint density at radius 3 is 2.05 bits per heavy atom. The first-order chi connectivity index (χ1) is 10.2. The first kappa shape index (κ1) is 14.8. The van der Waals surface area contributed by atoms with Gasteiger partial charge in [-0.3, -0.25) is 4.79 Å². The van der Waals surface area contributed by atoms with Crippen LogP contribution in [0.5, 0.6) is 0 Å². The Morgan fingerprint density at radius 2 is 1.57 bits per heavy atom. The van der Waals surface area contributed by atoms with Gasteiger partial charge >= 0.3 is 0 Å². The summed E-state index contributed by atoms with van der Waals surface area (Å²) in [6.45, 7) is 2.17. The van der Waals surface area contributed by atoms with Crippen LogP contribution in [0, 0.1) is 0 Å². The molecular formula is C19H18IO. The summed E-state index contributed by atoms with van der Waals surface area (Å²) in [5.41, 5.74) is 5.08. The number of hydrogen-bond acceptors (Lipinski definition) is 1. The number of carbonyl (C=O) groups excluding carboxylic acids is 1. The molecule has 2 aromatic rings. The molecule has 0 bridgehead atoms. The van der Waals surface area contributed by atoms with Gasteiger partial charge < -0.3 is 0 Å². The molecule has 0 N–H and O–H groups in total. The topological polar surface area (TPSA) is 17.1 Å². The van der Waals surface area contributed by atoms with Crippen LogP contribution in [-0.2, 0) is 4.79 Å². The van der Waals surface area contributed by atoms with Crippen molar-refractivity contribution in [3.8, 4) is 11.1 Å². The van der Waals surface area contributed by atoms with Gasteiger partial charge in [0, 0.05) is 5.92 Å². The van der Waals surface area contributed by atoms with E-state index in [4.69, 9.17) is 0 Å². The predicted octanol–water partition coefficient (Wildman–Crippen LogP) is 5.27. The number of hydrogen-bond donors (Lipinski definition) is 0. The molecule has 0 spiro atoms. The minimum Gasteiger partial charge on any atom is -0.289 e. The van der Waals surface area contributed by atoms with E-state index >= 15 is 0 Å². The van der Waals surface area contributed by atoms with Crippen molar-refractivity contribution in [2.75, 3.05) is 0 Å². The van der Waals surface area contributed by atoms with Gasteiger partial charge in [0.15, 0.2) is 0 Å². The molecular weight excluding hydrogens is 371 g/mol. The number of fused-ring (bicyclic) bond motifs is 3. The molecule has 3 rings (SSSR count). The van der Waals surface area contributed by atoms with E-state index in [0.29, 0.717) is 0 Å². The third kappa shape index (κ3) is 2.44. The maximum absolute atomic E-state index is 11.8. The summed E-state index contributed by atoms with van der Waals surface area (Å²) >= 11 is 2.33. The molecule has 1 aliphatic rings. The van der Waals surface area contributed by atoms with Crippen LogP contribution < -0.4 is 0 Å². The van der Waals surface area contributed by atoms with Crippen LogP contribution in [0.3, 0.4) is 0 Å². The highest BCUT2D eigenvalue weighted by atomic mass is 127.